The number of ether oxygens (including phenoxy) is 1. The second kappa shape index (κ2) is 7.11. The van der Waals surface area contributed by atoms with E-state index in [2.05, 4.69) is 4.99 Å². The molecule has 6 heteroatoms. The highest BCUT2D eigenvalue weighted by Crippen LogP contribution is 2.34. The van der Waals surface area contributed by atoms with Crippen LogP contribution in [0.15, 0.2) is 29.3 Å². The number of rotatable bonds is 6. The predicted molar refractivity (Wildman–Crippen MR) is 83.3 cm³/mol. The molecule has 1 aromatic rings. The maximum atomic E-state index is 13.5. The zero-order chi connectivity index (χ0) is 16.1. The summed E-state index contributed by atoms with van der Waals surface area (Å²) in [6.07, 6.45) is -4.37. The van der Waals surface area contributed by atoms with Gasteiger partial charge in [0, 0.05) is 0 Å². The Morgan fingerprint density at radius 1 is 1.05 bits per heavy atom. The fourth-order valence-electron chi connectivity index (χ4n) is 2.52. The van der Waals surface area contributed by atoms with E-state index in [4.69, 9.17) is 4.74 Å². The Morgan fingerprint density at radius 3 is 1.86 bits per heavy atom. The highest BCUT2D eigenvalue weighted by atomic mass is 28.3. The zero-order valence-corrected chi connectivity index (χ0v) is 13.9. The summed E-state index contributed by atoms with van der Waals surface area (Å²) in [6, 6.07) is 8.02. The van der Waals surface area contributed by atoms with E-state index in [1.54, 1.807) is 24.3 Å². The Balaban J connectivity index is 3.33. The standard InChI is InChI=1S/C15H22F3NOSi/c1-5-21(6-2,7-3)14(15(16,17)18)19-12-8-10-13(20-4)11-9-12/h8-11H,5-7H2,1-4H3. The van der Waals surface area contributed by atoms with E-state index in [9.17, 15) is 13.2 Å². The topological polar surface area (TPSA) is 21.6 Å². The Bertz CT molecular complexity index is 470. The molecule has 0 aromatic heterocycles. The summed E-state index contributed by atoms with van der Waals surface area (Å²) in [6.45, 7) is 5.53. The Kier molecular flexibility index (Phi) is 6.01. The van der Waals surface area contributed by atoms with Gasteiger partial charge in [-0.3, -0.25) is 4.99 Å². The SMILES string of the molecule is CC[Si](CC)(CC)C(=Nc1ccc(OC)cc1)C(F)(F)F. The lowest BCUT2D eigenvalue weighted by atomic mass is 10.3. The Labute approximate surface area is 125 Å². The molecule has 0 saturated heterocycles. The van der Waals surface area contributed by atoms with Crippen molar-refractivity contribution >= 4 is 19.1 Å². The van der Waals surface area contributed by atoms with Crippen LogP contribution >= 0.6 is 0 Å². The first-order valence-corrected chi connectivity index (χ1v) is 9.75. The highest BCUT2D eigenvalue weighted by Gasteiger charge is 2.48. The molecule has 1 aromatic carbocycles. The lowest BCUT2D eigenvalue weighted by Gasteiger charge is -2.31. The lowest BCUT2D eigenvalue weighted by molar-refractivity contribution is -0.0565. The summed E-state index contributed by atoms with van der Waals surface area (Å²) in [7, 11) is -1.08. The average molecular weight is 317 g/mol. The van der Waals surface area contributed by atoms with Crippen LogP contribution in [0.2, 0.25) is 18.1 Å². The van der Waals surface area contributed by atoms with Gasteiger partial charge in [0.05, 0.1) is 12.8 Å². The van der Waals surface area contributed by atoms with Crippen LogP contribution in [0, 0.1) is 0 Å². The molecule has 0 saturated carbocycles. The van der Waals surface area contributed by atoms with Crippen molar-refractivity contribution in [2.24, 2.45) is 4.99 Å². The molecule has 0 unspecified atom stereocenters. The first-order valence-electron chi connectivity index (χ1n) is 7.13. The molecule has 0 radical (unpaired) electrons. The molecular weight excluding hydrogens is 295 g/mol. The maximum Gasteiger partial charge on any atom is 0.425 e. The van der Waals surface area contributed by atoms with Crippen molar-refractivity contribution < 1.29 is 17.9 Å². The average Bonchev–Trinajstić information content (AvgIpc) is 2.48. The van der Waals surface area contributed by atoms with E-state index in [0.29, 0.717) is 29.6 Å². The van der Waals surface area contributed by atoms with Gasteiger partial charge in [-0.25, -0.2) is 0 Å². The van der Waals surface area contributed by atoms with Crippen molar-refractivity contribution in [2.45, 2.75) is 45.1 Å². The summed E-state index contributed by atoms with van der Waals surface area (Å²) in [5.74, 6) is 0.604. The first-order chi connectivity index (χ1) is 9.82. The number of methoxy groups -OCH3 is 1. The fraction of sp³-hybridized carbons (Fsp3) is 0.533. The number of hydrogen-bond acceptors (Lipinski definition) is 2. The van der Waals surface area contributed by atoms with Gasteiger partial charge >= 0.3 is 6.18 Å². The third-order valence-electron chi connectivity index (χ3n) is 4.11. The van der Waals surface area contributed by atoms with E-state index in [1.807, 2.05) is 20.8 Å². The smallest absolute Gasteiger partial charge is 0.425 e. The number of nitrogens with zero attached hydrogens (tertiary/aromatic N) is 1. The van der Waals surface area contributed by atoms with E-state index >= 15 is 0 Å². The summed E-state index contributed by atoms with van der Waals surface area (Å²) in [5, 5.41) is -0.548. The van der Waals surface area contributed by atoms with Crippen LogP contribution in [0.1, 0.15) is 20.8 Å². The third-order valence-corrected chi connectivity index (χ3v) is 9.58. The highest BCUT2D eigenvalue weighted by molar-refractivity contribution is 7.07. The predicted octanol–water partition coefficient (Wildman–Crippen LogP) is 5.38. The number of benzene rings is 1. The van der Waals surface area contributed by atoms with Crippen LogP contribution in [0.5, 0.6) is 5.75 Å². The molecular formula is C15H22F3NOSi. The summed E-state index contributed by atoms with van der Waals surface area (Å²) in [5.41, 5.74) is 0.329. The van der Waals surface area contributed by atoms with E-state index in [1.165, 1.54) is 7.11 Å². The first kappa shape index (κ1) is 17.7. The monoisotopic (exact) mass is 317 g/mol. The van der Waals surface area contributed by atoms with Crippen molar-refractivity contribution in [3.05, 3.63) is 24.3 Å². The van der Waals surface area contributed by atoms with Crippen molar-refractivity contribution in [2.75, 3.05) is 7.11 Å². The Morgan fingerprint density at radius 2 is 1.52 bits per heavy atom. The van der Waals surface area contributed by atoms with Crippen molar-refractivity contribution in [1.29, 1.82) is 0 Å². The normalized spacial score (nSPS) is 13.4. The lowest BCUT2D eigenvalue weighted by Crippen LogP contribution is -2.50. The van der Waals surface area contributed by atoms with Crippen LogP contribution in [-0.2, 0) is 0 Å². The summed E-state index contributed by atoms with van der Waals surface area (Å²) in [4.78, 5) is 3.99. The molecule has 2 nitrogen and oxygen atoms in total. The van der Waals surface area contributed by atoms with Crippen molar-refractivity contribution in [3.63, 3.8) is 0 Å². The van der Waals surface area contributed by atoms with Crippen molar-refractivity contribution in [1.82, 2.24) is 0 Å². The number of aliphatic imine (C=N–C) groups is 1. The molecule has 1 rings (SSSR count). The van der Waals surface area contributed by atoms with Crippen LogP contribution in [0.3, 0.4) is 0 Å². The molecule has 0 atom stereocenters. The quantitative estimate of drug-likeness (QED) is 0.510. The molecule has 0 spiro atoms. The number of halogens is 3. The molecule has 0 amide bonds. The van der Waals surface area contributed by atoms with E-state index < -0.39 is 19.6 Å². The van der Waals surface area contributed by atoms with Crippen LogP contribution in [-0.4, -0.2) is 26.7 Å². The van der Waals surface area contributed by atoms with Gasteiger partial charge in [-0.2, -0.15) is 13.2 Å². The zero-order valence-electron chi connectivity index (χ0n) is 12.9. The van der Waals surface area contributed by atoms with Gasteiger partial charge < -0.3 is 4.74 Å². The van der Waals surface area contributed by atoms with Gasteiger partial charge in [0.15, 0.2) is 0 Å². The van der Waals surface area contributed by atoms with Gasteiger partial charge in [-0.1, -0.05) is 38.9 Å². The minimum atomic E-state index is -4.37. The molecule has 0 heterocycles. The molecule has 0 aliphatic rings. The van der Waals surface area contributed by atoms with Gasteiger partial charge in [0.1, 0.15) is 19.2 Å². The molecule has 0 fully saturated rings. The number of alkyl halides is 3. The maximum absolute atomic E-state index is 13.5. The van der Waals surface area contributed by atoms with E-state index in [0.717, 1.165) is 0 Å². The fourth-order valence-corrected chi connectivity index (χ4v) is 5.99. The largest absolute Gasteiger partial charge is 0.497 e. The van der Waals surface area contributed by atoms with Crippen LogP contribution in [0.4, 0.5) is 18.9 Å². The molecule has 0 aliphatic carbocycles. The molecule has 21 heavy (non-hydrogen) atoms. The second-order valence-corrected chi connectivity index (χ2v) is 10.2. The molecule has 0 N–H and O–H groups in total. The number of hydrogen-bond donors (Lipinski definition) is 0. The van der Waals surface area contributed by atoms with Gasteiger partial charge in [0.2, 0.25) is 0 Å². The van der Waals surface area contributed by atoms with Gasteiger partial charge in [-0.15, -0.1) is 0 Å². The molecule has 118 valence electrons. The van der Waals surface area contributed by atoms with E-state index in [-0.39, 0.29) is 0 Å². The van der Waals surface area contributed by atoms with Crippen LogP contribution in [0.25, 0.3) is 0 Å². The molecule has 0 bridgehead atoms. The minimum Gasteiger partial charge on any atom is -0.497 e. The Hall–Kier alpha value is -1.30. The van der Waals surface area contributed by atoms with Crippen molar-refractivity contribution in [3.8, 4) is 5.75 Å². The minimum absolute atomic E-state index is 0.329. The van der Waals surface area contributed by atoms with Gasteiger partial charge in [0.25, 0.3) is 0 Å². The van der Waals surface area contributed by atoms with Gasteiger partial charge in [-0.05, 0) is 24.3 Å². The summed E-state index contributed by atoms with van der Waals surface area (Å²) >= 11 is 0. The molecule has 0 aliphatic heterocycles. The van der Waals surface area contributed by atoms with Crippen LogP contribution < -0.4 is 4.74 Å². The summed E-state index contributed by atoms with van der Waals surface area (Å²) < 4.78 is 45.5. The second-order valence-electron chi connectivity index (χ2n) is 5.00. The third kappa shape index (κ3) is 4.09.